The van der Waals surface area contributed by atoms with Crippen LogP contribution in [0.4, 0.5) is 0 Å². The summed E-state index contributed by atoms with van der Waals surface area (Å²) in [4.78, 5) is 23.1. The molecule has 0 aliphatic rings. The van der Waals surface area contributed by atoms with Crippen LogP contribution in [0.15, 0.2) is 0 Å². The highest BCUT2D eigenvalue weighted by Crippen LogP contribution is 2.10. The van der Waals surface area contributed by atoms with Gasteiger partial charge in [0.05, 0.1) is 33.0 Å². The molecule has 0 amide bonds. The molecule has 0 radical (unpaired) electrons. The maximum absolute atomic E-state index is 11.7. The molecule has 0 aromatic carbocycles. The van der Waals surface area contributed by atoms with Gasteiger partial charge in [-0.25, -0.2) is 4.79 Å². The SMILES string of the molecule is CCCCCCCCCCCC(=O)OCCOCCOCCOCC(=O)OC(C)(C)C. The van der Waals surface area contributed by atoms with Gasteiger partial charge in [0.1, 0.15) is 18.8 Å². The molecule has 0 heterocycles. The van der Waals surface area contributed by atoms with Crippen molar-refractivity contribution in [3.05, 3.63) is 0 Å². The first kappa shape index (κ1) is 29.8. The number of ether oxygens (including phenoxy) is 5. The van der Waals surface area contributed by atoms with Crippen LogP contribution in [0.25, 0.3) is 0 Å². The van der Waals surface area contributed by atoms with E-state index in [1.807, 2.05) is 20.8 Å². The third-order valence-electron chi connectivity index (χ3n) is 4.36. The Morgan fingerprint density at radius 2 is 1.10 bits per heavy atom. The molecule has 0 aromatic heterocycles. The van der Waals surface area contributed by atoms with Crippen LogP contribution >= 0.6 is 0 Å². The fourth-order valence-electron chi connectivity index (χ4n) is 2.83. The molecular formula is C24H46O7. The summed E-state index contributed by atoms with van der Waals surface area (Å²) in [6.45, 7) is 9.75. The fraction of sp³-hybridized carbons (Fsp3) is 0.917. The Kier molecular flexibility index (Phi) is 19.9. The molecule has 0 saturated carbocycles. The molecule has 7 heteroatoms. The molecule has 0 rings (SSSR count). The van der Waals surface area contributed by atoms with E-state index in [9.17, 15) is 9.59 Å². The minimum absolute atomic E-state index is 0.0818. The summed E-state index contributed by atoms with van der Waals surface area (Å²) in [7, 11) is 0. The van der Waals surface area contributed by atoms with Crippen molar-refractivity contribution in [1.82, 2.24) is 0 Å². The zero-order valence-electron chi connectivity index (χ0n) is 20.4. The summed E-state index contributed by atoms with van der Waals surface area (Å²) in [6, 6.07) is 0. The number of rotatable bonds is 21. The Labute approximate surface area is 189 Å². The van der Waals surface area contributed by atoms with Crippen LogP contribution in [0, 0.1) is 0 Å². The maximum atomic E-state index is 11.7. The number of unbranched alkanes of at least 4 members (excludes halogenated alkanes) is 8. The van der Waals surface area contributed by atoms with Crippen LogP contribution in [0.1, 0.15) is 91.9 Å². The summed E-state index contributed by atoms with van der Waals surface area (Å²) >= 11 is 0. The highest BCUT2D eigenvalue weighted by molar-refractivity contribution is 5.71. The van der Waals surface area contributed by atoms with Crippen molar-refractivity contribution in [2.75, 3.05) is 46.2 Å². The van der Waals surface area contributed by atoms with E-state index in [1.54, 1.807) is 0 Å². The number of hydrogen-bond donors (Lipinski definition) is 0. The Morgan fingerprint density at radius 3 is 1.65 bits per heavy atom. The number of esters is 2. The van der Waals surface area contributed by atoms with Crippen LogP contribution in [-0.4, -0.2) is 63.8 Å². The topological polar surface area (TPSA) is 80.3 Å². The van der Waals surface area contributed by atoms with Crippen LogP contribution in [0.5, 0.6) is 0 Å². The lowest BCUT2D eigenvalue weighted by molar-refractivity contribution is -0.160. The standard InChI is InChI=1S/C24H46O7/c1-5-6-7-8-9-10-11-12-13-14-22(25)30-20-19-28-16-15-27-17-18-29-21-23(26)31-24(2,3)4/h5-21H2,1-4H3. The Balaban J connectivity index is 3.26. The van der Waals surface area contributed by atoms with Crippen molar-refractivity contribution in [1.29, 1.82) is 0 Å². The smallest absolute Gasteiger partial charge is 0.332 e. The highest BCUT2D eigenvalue weighted by atomic mass is 16.6. The quantitative estimate of drug-likeness (QED) is 0.184. The molecule has 0 fully saturated rings. The van der Waals surface area contributed by atoms with Gasteiger partial charge in [-0.1, -0.05) is 58.3 Å². The van der Waals surface area contributed by atoms with Gasteiger partial charge in [-0.2, -0.15) is 0 Å². The van der Waals surface area contributed by atoms with E-state index in [1.165, 1.54) is 44.9 Å². The Morgan fingerprint density at radius 1 is 0.613 bits per heavy atom. The lowest BCUT2D eigenvalue weighted by Crippen LogP contribution is -2.27. The zero-order chi connectivity index (χ0) is 23.2. The summed E-state index contributed by atoms with van der Waals surface area (Å²) in [5, 5.41) is 0. The Hall–Kier alpha value is -1.18. The second kappa shape index (κ2) is 20.7. The molecule has 0 N–H and O–H groups in total. The maximum Gasteiger partial charge on any atom is 0.332 e. The van der Waals surface area contributed by atoms with Crippen LogP contribution < -0.4 is 0 Å². The molecular weight excluding hydrogens is 400 g/mol. The van der Waals surface area contributed by atoms with E-state index in [0.717, 1.165) is 12.8 Å². The largest absolute Gasteiger partial charge is 0.463 e. The lowest BCUT2D eigenvalue weighted by atomic mass is 10.1. The normalized spacial score (nSPS) is 11.5. The zero-order valence-corrected chi connectivity index (χ0v) is 20.4. The molecule has 0 aromatic rings. The first-order valence-corrected chi connectivity index (χ1v) is 12.0. The summed E-state index contributed by atoms with van der Waals surface area (Å²) in [5.74, 6) is -0.534. The molecule has 0 unspecified atom stereocenters. The second-order valence-electron chi connectivity index (χ2n) is 8.66. The number of carbonyl (C=O) groups is 2. The van der Waals surface area contributed by atoms with E-state index < -0.39 is 5.60 Å². The first-order chi connectivity index (χ1) is 14.8. The van der Waals surface area contributed by atoms with Crippen molar-refractivity contribution in [2.24, 2.45) is 0 Å². The third kappa shape index (κ3) is 25.0. The van der Waals surface area contributed by atoms with Gasteiger partial charge in [0, 0.05) is 6.42 Å². The molecule has 0 saturated heterocycles. The molecule has 7 nitrogen and oxygen atoms in total. The predicted molar refractivity (Wildman–Crippen MR) is 121 cm³/mol. The molecule has 0 spiro atoms. The van der Waals surface area contributed by atoms with Gasteiger partial charge in [-0.05, 0) is 27.2 Å². The van der Waals surface area contributed by atoms with Gasteiger partial charge in [0.25, 0.3) is 0 Å². The fourth-order valence-corrected chi connectivity index (χ4v) is 2.83. The van der Waals surface area contributed by atoms with Gasteiger partial charge in [-0.15, -0.1) is 0 Å². The average Bonchev–Trinajstić information content (AvgIpc) is 2.69. The number of hydrogen-bond acceptors (Lipinski definition) is 7. The average molecular weight is 447 g/mol. The van der Waals surface area contributed by atoms with Gasteiger partial charge >= 0.3 is 11.9 Å². The third-order valence-corrected chi connectivity index (χ3v) is 4.36. The molecule has 0 aliphatic heterocycles. The lowest BCUT2D eigenvalue weighted by Gasteiger charge is -2.19. The van der Waals surface area contributed by atoms with E-state index in [4.69, 9.17) is 23.7 Å². The monoisotopic (exact) mass is 446 g/mol. The highest BCUT2D eigenvalue weighted by Gasteiger charge is 2.15. The van der Waals surface area contributed by atoms with Crippen molar-refractivity contribution >= 4 is 11.9 Å². The van der Waals surface area contributed by atoms with Gasteiger partial charge in [-0.3, -0.25) is 4.79 Å². The van der Waals surface area contributed by atoms with E-state index in [0.29, 0.717) is 39.5 Å². The van der Waals surface area contributed by atoms with Crippen molar-refractivity contribution in [3.8, 4) is 0 Å². The first-order valence-electron chi connectivity index (χ1n) is 12.0. The van der Waals surface area contributed by atoms with Gasteiger partial charge in [0.15, 0.2) is 0 Å². The number of carbonyl (C=O) groups excluding carboxylic acids is 2. The van der Waals surface area contributed by atoms with Crippen molar-refractivity contribution in [3.63, 3.8) is 0 Å². The van der Waals surface area contributed by atoms with Crippen molar-refractivity contribution in [2.45, 2.75) is 97.5 Å². The van der Waals surface area contributed by atoms with E-state index in [-0.39, 0.29) is 25.2 Å². The van der Waals surface area contributed by atoms with Gasteiger partial charge < -0.3 is 23.7 Å². The minimum atomic E-state index is -0.504. The van der Waals surface area contributed by atoms with Crippen LogP contribution in [0.3, 0.4) is 0 Å². The molecule has 184 valence electrons. The molecule has 0 aliphatic carbocycles. The summed E-state index contributed by atoms with van der Waals surface area (Å²) in [5.41, 5.74) is -0.504. The minimum Gasteiger partial charge on any atom is -0.463 e. The van der Waals surface area contributed by atoms with E-state index in [2.05, 4.69) is 6.92 Å². The molecule has 0 bridgehead atoms. The van der Waals surface area contributed by atoms with Crippen LogP contribution in [-0.2, 0) is 33.3 Å². The predicted octanol–water partition coefficient (Wildman–Crippen LogP) is 4.84. The summed E-state index contributed by atoms with van der Waals surface area (Å²) in [6.07, 6.45) is 11.6. The molecule has 0 atom stereocenters. The van der Waals surface area contributed by atoms with E-state index >= 15 is 0 Å². The van der Waals surface area contributed by atoms with Crippen molar-refractivity contribution < 1.29 is 33.3 Å². The van der Waals surface area contributed by atoms with Crippen LogP contribution in [0.2, 0.25) is 0 Å². The molecule has 31 heavy (non-hydrogen) atoms. The van der Waals surface area contributed by atoms with Gasteiger partial charge in [0.2, 0.25) is 0 Å². The Bertz CT molecular complexity index is 432. The summed E-state index contributed by atoms with van der Waals surface area (Å²) < 4.78 is 26.2. The second-order valence-corrected chi connectivity index (χ2v) is 8.66.